The third kappa shape index (κ3) is 5.29. The van der Waals surface area contributed by atoms with E-state index < -0.39 is 6.61 Å². The lowest BCUT2D eigenvalue weighted by atomic mass is 10.1. The van der Waals surface area contributed by atoms with Crippen molar-refractivity contribution in [1.82, 2.24) is 0 Å². The topological polar surface area (TPSA) is 36.5 Å². The Labute approximate surface area is 157 Å². The Kier molecular flexibility index (Phi) is 6.22. The molecule has 4 nitrogen and oxygen atoms in total. The second-order valence-electron chi connectivity index (χ2n) is 6.08. The third-order valence-corrected chi connectivity index (χ3v) is 4.39. The molecule has 0 bridgehead atoms. The Balaban J connectivity index is 1.52. The van der Waals surface area contributed by atoms with E-state index in [4.69, 9.17) is 12.2 Å². The highest BCUT2D eigenvalue weighted by Crippen LogP contribution is 2.22. The van der Waals surface area contributed by atoms with Crippen molar-refractivity contribution in [2.24, 2.45) is 0 Å². The molecular formula is C19H21F2N3OS. The largest absolute Gasteiger partial charge is 0.435 e. The van der Waals surface area contributed by atoms with Gasteiger partial charge in [-0.1, -0.05) is 0 Å². The van der Waals surface area contributed by atoms with Gasteiger partial charge in [-0.3, -0.25) is 0 Å². The Bertz CT molecular complexity index is 717. The maximum atomic E-state index is 12.1. The summed E-state index contributed by atoms with van der Waals surface area (Å²) in [5.74, 6) is 0.109. The molecule has 1 fully saturated rings. The van der Waals surface area contributed by atoms with E-state index in [1.165, 1.54) is 37.1 Å². The molecule has 2 aromatic rings. The van der Waals surface area contributed by atoms with Crippen LogP contribution in [-0.2, 0) is 0 Å². The normalized spacial score (nSPS) is 14.2. The van der Waals surface area contributed by atoms with E-state index in [1.54, 1.807) is 12.1 Å². The first-order valence-electron chi connectivity index (χ1n) is 8.58. The molecule has 0 aliphatic carbocycles. The van der Waals surface area contributed by atoms with Crippen LogP contribution in [0.15, 0.2) is 48.5 Å². The maximum absolute atomic E-state index is 12.1. The van der Waals surface area contributed by atoms with Gasteiger partial charge in [-0.25, -0.2) is 0 Å². The number of piperidine rings is 1. The second-order valence-corrected chi connectivity index (χ2v) is 6.48. The molecule has 0 atom stereocenters. The zero-order chi connectivity index (χ0) is 18.4. The first-order valence-corrected chi connectivity index (χ1v) is 8.99. The van der Waals surface area contributed by atoms with Crippen molar-refractivity contribution in [1.29, 1.82) is 0 Å². The van der Waals surface area contributed by atoms with Gasteiger partial charge in [-0.15, -0.1) is 0 Å². The van der Waals surface area contributed by atoms with Crippen LogP contribution in [0.1, 0.15) is 19.3 Å². The molecule has 0 unspecified atom stereocenters. The molecule has 7 heteroatoms. The molecule has 0 amide bonds. The number of ether oxygens (including phenoxy) is 1. The Hall–Kier alpha value is -2.41. The number of nitrogens with one attached hydrogen (secondary N) is 2. The lowest BCUT2D eigenvalue weighted by molar-refractivity contribution is -0.0498. The Morgan fingerprint density at radius 2 is 1.42 bits per heavy atom. The minimum atomic E-state index is -2.83. The molecule has 2 N–H and O–H groups in total. The summed E-state index contributed by atoms with van der Waals surface area (Å²) < 4.78 is 28.6. The average Bonchev–Trinajstić information content (AvgIpc) is 2.64. The van der Waals surface area contributed by atoms with Crippen LogP contribution >= 0.6 is 12.2 Å². The van der Waals surface area contributed by atoms with Crippen molar-refractivity contribution >= 4 is 34.4 Å². The van der Waals surface area contributed by atoms with Crippen LogP contribution in [-0.4, -0.2) is 24.8 Å². The van der Waals surface area contributed by atoms with E-state index in [9.17, 15) is 8.78 Å². The first-order chi connectivity index (χ1) is 12.6. The SMILES string of the molecule is FC(F)Oc1ccc(NC(=S)Nc2ccc(N3CCCCC3)cc2)cc1. The number of rotatable bonds is 5. The van der Waals surface area contributed by atoms with Gasteiger partial charge in [0.25, 0.3) is 0 Å². The summed E-state index contributed by atoms with van der Waals surface area (Å²) >= 11 is 5.29. The van der Waals surface area contributed by atoms with E-state index in [2.05, 4.69) is 32.4 Å². The van der Waals surface area contributed by atoms with E-state index >= 15 is 0 Å². The molecule has 1 heterocycles. The standard InChI is InChI=1S/C19H21F2N3OS/c20-18(21)25-17-10-6-15(7-11-17)23-19(26)22-14-4-8-16(9-5-14)24-12-2-1-3-13-24/h4-11,18H,1-3,12-13H2,(H2,22,23,26). The van der Waals surface area contributed by atoms with Gasteiger partial charge in [0.1, 0.15) is 5.75 Å². The zero-order valence-electron chi connectivity index (χ0n) is 14.3. The number of alkyl halides is 2. The predicted molar refractivity (Wildman–Crippen MR) is 105 cm³/mol. The summed E-state index contributed by atoms with van der Waals surface area (Å²) in [5.41, 5.74) is 2.80. The Morgan fingerprint density at radius 1 is 0.885 bits per heavy atom. The van der Waals surface area contributed by atoms with Crippen LogP contribution in [0, 0.1) is 0 Å². The van der Waals surface area contributed by atoms with E-state index in [0.29, 0.717) is 10.8 Å². The summed E-state index contributed by atoms with van der Waals surface area (Å²) in [5, 5.41) is 6.56. The van der Waals surface area contributed by atoms with Gasteiger partial charge in [0, 0.05) is 30.2 Å². The Morgan fingerprint density at radius 3 is 1.96 bits per heavy atom. The third-order valence-electron chi connectivity index (χ3n) is 4.18. The van der Waals surface area contributed by atoms with Gasteiger partial charge in [0.2, 0.25) is 0 Å². The molecule has 0 radical (unpaired) electrons. The van der Waals surface area contributed by atoms with Crippen molar-refractivity contribution in [3.8, 4) is 5.75 Å². The maximum Gasteiger partial charge on any atom is 0.387 e. The molecule has 1 saturated heterocycles. The fourth-order valence-corrected chi connectivity index (χ4v) is 3.16. The fourth-order valence-electron chi connectivity index (χ4n) is 2.92. The van der Waals surface area contributed by atoms with Gasteiger partial charge in [-0.05, 0) is 80.0 Å². The highest BCUT2D eigenvalue weighted by atomic mass is 32.1. The molecule has 0 saturated carbocycles. The van der Waals surface area contributed by atoms with Crippen molar-refractivity contribution in [3.05, 3.63) is 48.5 Å². The van der Waals surface area contributed by atoms with Gasteiger partial charge in [0.05, 0.1) is 0 Å². The summed E-state index contributed by atoms with van der Waals surface area (Å²) in [7, 11) is 0. The molecule has 26 heavy (non-hydrogen) atoms. The number of anilines is 3. The highest BCUT2D eigenvalue weighted by Gasteiger charge is 2.10. The van der Waals surface area contributed by atoms with Crippen LogP contribution < -0.4 is 20.3 Å². The minimum absolute atomic E-state index is 0.109. The molecular weight excluding hydrogens is 356 g/mol. The molecule has 1 aliphatic heterocycles. The molecule has 0 aromatic heterocycles. The van der Waals surface area contributed by atoms with Crippen LogP contribution in [0.3, 0.4) is 0 Å². The quantitative estimate of drug-likeness (QED) is 0.710. The molecule has 3 rings (SSSR count). The number of nitrogens with zero attached hydrogens (tertiary/aromatic N) is 1. The van der Waals surface area contributed by atoms with Crippen molar-refractivity contribution in [2.75, 3.05) is 28.6 Å². The van der Waals surface area contributed by atoms with Crippen molar-refractivity contribution in [2.45, 2.75) is 25.9 Å². The van der Waals surface area contributed by atoms with Crippen LogP contribution in [0.5, 0.6) is 5.75 Å². The number of hydrogen-bond acceptors (Lipinski definition) is 3. The minimum Gasteiger partial charge on any atom is -0.435 e. The smallest absolute Gasteiger partial charge is 0.387 e. The van der Waals surface area contributed by atoms with E-state index in [0.717, 1.165) is 18.8 Å². The highest BCUT2D eigenvalue weighted by molar-refractivity contribution is 7.80. The number of halogens is 2. The van der Waals surface area contributed by atoms with Gasteiger partial charge < -0.3 is 20.3 Å². The summed E-state index contributed by atoms with van der Waals surface area (Å²) in [6, 6.07) is 14.4. The van der Waals surface area contributed by atoms with Crippen molar-refractivity contribution < 1.29 is 13.5 Å². The van der Waals surface area contributed by atoms with Crippen LogP contribution in [0.4, 0.5) is 25.8 Å². The van der Waals surface area contributed by atoms with Crippen molar-refractivity contribution in [3.63, 3.8) is 0 Å². The summed E-state index contributed by atoms with van der Waals surface area (Å²) in [6.45, 7) is -0.611. The summed E-state index contributed by atoms with van der Waals surface area (Å²) in [4.78, 5) is 2.40. The molecule has 2 aromatic carbocycles. The second kappa shape index (κ2) is 8.80. The predicted octanol–water partition coefficient (Wildman–Crippen LogP) is 5.09. The lowest BCUT2D eigenvalue weighted by Crippen LogP contribution is -2.29. The van der Waals surface area contributed by atoms with E-state index in [-0.39, 0.29) is 5.75 Å². The summed E-state index contributed by atoms with van der Waals surface area (Å²) in [6.07, 6.45) is 3.80. The van der Waals surface area contributed by atoms with Crippen LogP contribution in [0.25, 0.3) is 0 Å². The molecule has 0 spiro atoms. The van der Waals surface area contributed by atoms with Gasteiger partial charge in [-0.2, -0.15) is 8.78 Å². The number of benzene rings is 2. The molecule has 1 aliphatic rings. The fraction of sp³-hybridized carbons (Fsp3) is 0.316. The van der Waals surface area contributed by atoms with E-state index in [1.807, 2.05) is 12.1 Å². The number of thiocarbonyl (C=S) groups is 1. The monoisotopic (exact) mass is 377 g/mol. The van der Waals surface area contributed by atoms with Gasteiger partial charge in [0.15, 0.2) is 5.11 Å². The zero-order valence-corrected chi connectivity index (χ0v) is 15.1. The number of hydrogen-bond donors (Lipinski definition) is 2. The molecule has 138 valence electrons. The van der Waals surface area contributed by atoms with Gasteiger partial charge >= 0.3 is 6.61 Å². The average molecular weight is 377 g/mol. The van der Waals surface area contributed by atoms with Crippen LogP contribution in [0.2, 0.25) is 0 Å². The lowest BCUT2D eigenvalue weighted by Gasteiger charge is -2.28. The first kappa shape index (κ1) is 18.4.